The quantitative estimate of drug-likeness (QED) is 0.873. The minimum Gasteiger partial charge on any atom is -0.308 e. The van der Waals surface area contributed by atoms with E-state index in [2.05, 4.69) is 5.32 Å². The Morgan fingerprint density at radius 2 is 1.84 bits per heavy atom. The zero-order chi connectivity index (χ0) is 14.5. The van der Waals surface area contributed by atoms with Crippen LogP contribution in [0.2, 0.25) is 0 Å². The number of benzene rings is 1. The molecule has 3 atom stereocenters. The largest absolute Gasteiger partial charge is 0.390 e. The van der Waals surface area contributed by atoms with Crippen molar-refractivity contribution in [3.8, 4) is 0 Å². The number of rotatable bonds is 6. The molecule has 19 heavy (non-hydrogen) atoms. The first-order valence-corrected chi connectivity index (χ1v) is 7.59. The van der Waals surface area contributed by atoms with Crippen LogP contribution in [0.4, 0.5) is 13.2 Å². The minimum absolute atomic E-state index is 0.181. The molecular formula is C13H18F3NOS. The SMILES string of the molecule is CC(CNC(CC(F)(F)F)c1ccccc1)S(C)=O. The molecule has 1 rings (SSSR count). The van der Waals surface area contributed by atoms with Crippen molar-refractivity contribution in [1.82, 2.24) is 5.32 Å². The molecule has 0 bridgehead atoms. The highest BCUT2D eigenvalue weighted by Crippen LogP contribution is 2.29. The van der Waals surface area contributed by atoms with E-state index in [9.17, 15) is 17.4 Å². The molecule has 3 unspecified atom stereocenters. The second-order valence-electron chi connectivity index (χ2n) is 4.50. The fourth-order valence-electron chi connectivity index (χ4n) is 1.65. The molecule has 0 spiro atoms. The van der Waals surface area contributed by atoms with Crippen molar-refractivity contribution < 1.29 is 17.4 Å². The molecule has 1 aromatic rings. The average Bonchev–Trinajstić information content (AvgIpc) is 2.33. The van der Waals surface area contributed by atoms with Crippen molar-refractivity contribution in [2.24, 2.45) is 0 Å². The molecule has 0 saturated carbocycles. The van der Waals surface area contributed by atoms with Crippen LogP contribution in [0.3, 0.4) is 0 Å². The summed E-state index contributed by atoms with van der Waals surface area (Å²) in [7, 11) is -1.05. The fourth-order valence-corrected chi connectivity index (χ4v) is 1.98. The highest BCUT2D eigenvalue weighted by atomic mass is 32.2. The second-order valence-corrected chi connectivity index (χ2v) is 6.30. The van der Waals surface area contributed by atoms with Gasteiger partial charge in [0, 0.05) is 34.9 Å². The lowest BCUT2D eigenvalue weighted by molar-refractivity contribution is -0.140. The van der Waals surface area contributed by atoms with Gasteiger partial charge in [0.2, 0.25) is 0 Å². The molecule has 0 amide bonds. The first-order chi connectivity index (χ1) is 8.79. The Kier molecular flexibility index (Phi) is 6.00. The van der Waals surface area contributed by atoms with Crippen LogP contribution >= 0.6 is 0 Å². The first-order valence-electron chi connectivity index (χ1n) is 5.97. The van der Waals surface area contributed by atoms with Crippen LogP contribution < -0.4 is 5.32 Å². The van der Waals surface area contributed by atoms with Gasteiger partial charge >= 0.3 is 6.18 Å². The van der Waals surface area contributed by atoms with E-state index in [1.807, 2.05) is 0 Å². The zero-order valence-corrected chi connectivity index (χ0v) is 11.7. The number of alkyl halides is 3. The zero-order valence-electron chi connectivity index (χ0n) is 10.9. The van der Waals surface area contributed by atoms with E-state index in [0.29, 0.717) is 12.1 Å². The second kappa shape index (κ2) is 7.05. The highest BCUT2D eigenvalue weighted by Gasteiger charge is 2.32. The maximum atomic E-state index is 12.6. The summed E-state index contributed by atoms with van der Waals surface area (Å²) < 4.78 is 49.0. The summed E-state index contributed by atoms with van der Waals surface area (Å²) in [6, 6.07) is 7.71. The standard InChI is InChI=1S/C13H18F3NOS/c1-10(19(2)18)9-17-12(8-13(14,15)16)11-6-4-3-5-7-11/h3-7,10,12,17H,8-9H2,1-2H3. The van der Waals surface area contributed by atoms with Crippen LogP contribution in [-0.4, -0.2) is 28.4 Å². The van der Waals surface area contributed by atoms with Crippen molar-refractivity contribution in [2.75, 3.05) is 12.8 Å². The Labute approximate surface area is 113 Å². The lowest BCUT2D eigenvalue weighted by Crippen LogP contribution is -2.33. The van der Waals surface area contributed by atoms with E-state index in [1.54, 1.807) is 43.5 Å². The molecule has 1 N–H and O–H groups in total. The van der Waals surface area contributed by atoms with E-state index in [0.717, 1.165) is 0 Å². The summed E-state index contributed by atoms with van der Waals surface area (Å²) in [5, 5.41) is 2.68. The first kappa shape index (κ1) is 16.2. The Morgan fingerprint density at radius 3 is 2.32 bits per heavy atom. The van der Waals surface area contributed by atoms with Crippen LogP contribution in [0.15, 0.2) is 30.3 Å². The lowest BCUT2D eigenvalue weighted by Gasteiger charge is -2.22. The predicted octanol–water partition coefficient (Wildman–Crippen LogP) is 3.04. The maximum absolute atomic E-state index is 12.6. The van der Waals surface area contributed by atoms with E-state index in [-0.39, 0.29) is 5.25 Å². The molecule has 0 aromatic heterocycles. The average molecular weight is 293 g/mol. The molecule has 0 aliphatic heterocycles. The number of hydrogen-bond acceptors (Lipinski definition) is 2. The molecule has 0 aliphatic carbocycles. The Bertz CT molecular complexity index is 408. The molecule has 0 radical (unpaired) electrons. The number of halogens is 3. The third kappa shape index (κ3) is 6.20. The molecule has 0 fully saturated rings. The van der Waals surface area contributed by atoms with Gasteiger partial charge in [-0.2, -0.15) is 13.2 Å². The lowest BCUT2D eigenvalue weighted by atomic mass is 10.0. The van der Waals surface area contributed by atoms with E-state index >= 15 is 0 Å². The number of hydrogen-bond donors (Lipinski definition) is 1. The van der Waals surface area contributed by atoms with Crippen molar-refractivity contribution in [1.29, 1.82) is 0 Å². The number of nitrogens with one attached hydrogen (secondary N) is 1. The maximum Gasteiger partial charge on any atom is 0.390 e. The van der Waals surface area contributed by atoms with Gasteiger partial charge < -0.3 is 5.32 Å². The van der Waals surface area contributed by atoms with Crippen molar-refractivity contribution in [3.05, 3.63) is 35.9 Å². The monoisotopic (exact) mass is 293 g/mol. The molecule has 2 nitrogen and oxygen atoms in total. The molecule has 108 valence electrons. The van der Waals surface area contributed by atoms with E-state index < -0.39 is 29.4 Å². The molecular weight excluding hydrogens is 275 g/mol. The summed E-state index contributed by atoms with van der Waals surface area (Å²) in [6.45, 7) is 2.04. The van der Waals surface area contributed by atoms with Gasteiger partial charge in [-0.25, -0.2) is 0 Å². The van der Waals surface area contributed by atoms with Gasteiger partial charge in [-0.05, 0) is 12.5 Å². The van der Waals surface area contributed by atoms with Crippen LogP contribution in [0.5, 0.6) is 0 Å². The minimum atomic E-state index is -4.23. The van der Waals surface area contributed by atoms with Gasteiger partial charge in [-0.15, -0.1) is 0 Å². The van der Waals surface area contributed by atoms with Crippen molar-refractivity contribution in [3.63, 3.8) is 0 Å². The third-order valence-electron chi connectivity index (χ3n) is 2.86. The summed E-state index contributed by atoms with van der Waals surface area (Å²) in [5.74, 6) is 0. The highest BCUT2D eigenvalue weighted by molar-refractivity contribution is 7.84. The fraction of sp³-hybridized carbons (Fsp3) is 0.538. The van der Waals surface area contributed by atoms with E-state index in [4.69, 9.17) is 0 Å². The molecule has 0 saturated heterocycles. The normalized spacial score (nSPS) is 16.9. The van der Waals surface area contributed by atoms with Crippen LogP contribution in [0.25, 0.3) is 0 Å². The van der Waals surface area contributed by atoms with Crippen LogP contribution in [0.1, 0.15) is 24.9 Å². The van der Waals surface area contributed by atoms with Gasteiger partial charge in [-0.3, -0.25) is 4.21 Å². The Hall–Kier alpha value is -0.880. The third-order valence-corrected chi connectivity index (χ3v) is 4.16. The van der Waals surface area contributed by atoms with Gasteiger partial charge in [0.05, 0.1) is 6.42 Å². The molecule has 0 aliphatic rings. The molecule has 1 aromatic carbocycles. The molecule has 6 heteroatoms. The van der Waals surface area contributed by atoms with Gasteiger partial charge in [0.15, 0.2) is 0 Å². The molecule has 0 heterocycles. The Morgan fingerprint density at radius 1 is 1.26 bits per heavy atom. The smallest absolute Gasteiger partial charge is 0.308 e. The van der Waals surface area contributed by atoms with Crippen molar-refractivity contribution in [2.45, 2.75) is 30.8 Å². The van der Waals surface area contributed by atoms with Gasteiger partial charge in [0.1, 0.15) is 0 Å². The summed E-state index contributed by atoms with van der Waals surface area (Å²) in [4.78, 5) is 0. The predicted molar refractivity (Wildman–Crippen MR) is 71.4 cm³/mol. The van der Waals surface area contributed by atoms with Crippen molar-refractivity contribution >= 4 is 10.8 Å². The van der Waals surface area contributed by atoms with Crippen LogP contribution in [-0.2, 0) is 10.8 Å². The topological polar surface area (TPSA) is 29.1 Å². The summed E-state index contributed by atoms with van der Waals surface area (Å²) in [5.41, 5.74) is 0.592. The summed E-state index contributed by atoms with van der Waals surface area (Å²) >= 11 is 0. The van der Waals surface area contributed by atoms with Crippen LogP contribution in [0, 0.1) is 0 Å². The van der Waals surface area contributed by atoms with E-state index in [1.165, 1.54) is 0 Å². The Balaban J connectivity index is 2.73. The summed E-state index contributed by atoms with van der Waals surface area (Å²) in [6.07, 6.45) is -3.62. The van der Waals surface area contributed by atoms with Gasteiger partial charge in [0.25, 0.3) is 0 Å². The van der Waals surface area contributed by atoms with Gasteiger partial charge in [-0.1, -0.05) is 30.3 Å².